The van der Waals surface area contributed by atoms with E-state index >= 15 is 0 Å². The van der Waals surface area contributed by atoms with Gasteiger partial charge < -0.3 is 10.8 Å². The van der Waals surface area contributed by atoms with Crippen LogP contribution in [0.4, 0.5) is 4.39 Å². The van der Waals surface area contributed by atoms with Crippen LogP contribution in [0.3, 0.4) is 0 Å². The van der Waals surface area contributed by atoms with Crippen molar-refractivity contribution in [2.75, 3.05) is 0 Å². The number of hydrogen-bond donors (Lipinski definition) is 2. The Morgan fingerprint density at radius 2 is 2.00 bits per heavy atom. The predicted molar refractivity (Wildman–Crippen MR) is 59.2 cm³/mol. The largest absolute Gasteiger partial charge is 0.387 e. The molecule has 0 aliphatic rings. The first kappa shape index (κ1) is 12.4. The maximum Gasteiger partial charge on any atom is 0.130 e. The Morgan fingerprint density at radius 1 is 1.40 bits per heavy atom. The highest BCUT2D eigenvalue weighted by Crippen LogP contribution is 2.24. The zero-order valence-electron chi connectivity index (χ0n) is 8.74. The summed E-state index contributed by atoms with van der Waals surface area (Å²) in [4.78, 5) is 0. The Kier molecular flexibility index (Phi) is 4.08. The molecule has 0 saturated heterocycles. The molecule has 0 fully saturated rings. The second kappa shape index (κ2) is 4.92. The van der Waals surface area contributed by atoms with Gasteiger partial charge in [-0.3, -0.25) is 0 Å². The van der Waals surface area contributed by atoms with E-state index in [2.05, 4.69) is 0 Å². The molecular weight excluding hydrogens is 217 g/mol. The molecule has 1 rings (SSSR count). The molecule has 0 aliphatic heterocycles. The van der Waals surface area contributed by atoms with Crippen molar-refractivity contribution in [3.8, 4) is 0 Å². The third-order valence-corrected chi connectivity index (χ3v) is 2.65. The molecule has 4 heteroatoms. The van der Waals surface area contributed by atoms with E-state index in [0.29, 0.717) is 5.02 Å². The molecule has 84 valence electrons. The Hall–Kier alpha value is -0.640. The summed E-state index contributed by atoms with van der Waals surface area (Å²) >= 11 is 5.61. The van der Waals surface area contributed by atoms with E-state index in [1.54, 1.807) is 0 Å². The Balaban J connectivity index is 2.96. The van der Waals surface area contributed by atoms with Gasteiger partial charge in [0.05, 0.1) is 6.10 Å². The molecule has 0 spiro atoms. The molecule has 2 nitrogen and oxygen atoms in total. The molecule has 0 heterocycles. The van der Waals surface area contributed by atoms with Gasteiger partial charge in [-0.2, -0.15) is 0 Å². The van der Waals surface area contributed by atoms with Gasteiger partial charge in [0, 0.05) is 16.6 Å². The van der Waals surface area contributed by atoms with E-state index < -0.39 is 18.0 Å². The van der Waals surface area contributed by atoms with E-state index in [9.17, 15) is 9.50 Å². The number of benzene rings is 1. The summed E-state index contributed by atoms with van der Waals surface area (Å²) < 4.78 is 13.4. The van der Waals surface area contributed by atoms with Gasteiger partial charge in [-0.15, -0.1) is 0 Å². The summed E-state index contributed by atoms with van der Waals surface area (Å²) in [5, 5.41) is 10.1. The monoisotopic (exact) mass is 231 g/mol. The van der Waals surface area contributed by atoms with E-state index in [1.807, 2.05) is 13.8 Å². The highest BCUT2D eigenvalue weighted by Gasteiger charge is 2.22. The molecule has 0 saturated carbocycles. The quantitative estimate of drug-likeness (QED) is 0.840. The number of halogens is 2. The summed E-state index contributed by atoms with van der Waals surface area (Å²) in [5.74, 6) is -0.443. The van der Waals surface area contributed by atoms with Crippen LogP contribution in [0.5, 0.6) is 0 Å². The summed E-state index contributed by atoms with van der Waals surface area (Å²) in [6, 6.07) is 3.69. The number of aliphatic hydroxyl groups excluding tert-OH is 1. The van der Waals surface area contributed by atoms with Gasteiger partial charge in [0.1, 0.15) is 5.82 Å². The Morgan fingerprint density at radius 3 is 2.47 bits per heavy atom. The lowest BCUT2D eigenvalue weighted by Crippen LogP contribution is -2.33. The molecule has 2 unspecified atom stereocenters. The van der Waals surface area contributed by atoms with Crippen LogP contribution in [0.15, 0.2) is 18.2 Å². The van der Waals surface area contributed by atoms with Crippen LogP contribution in [-0.4, -0.2) is 11.1 Å². The fourth-order valence-electron chi connectivity index (χ4n) is 1.31. The number of rotatable bonds is 3. The summed E-state index contributed by atoms with van der Waals surface area (Å²) in [5.41, 5.74) is 5.94. The van der Waals surface area contributed by atoms with Crippen LogP contribution in [-0.2, 0) is 0 Å². The van der Waals surface area contributed by atoms with Crippen molar-refractivity contribution in [1.29, 1.82) is 0 Å². The van der Waals surface area contributed by atoms with Crippen molar-refractivity contribution in [3.63, 3.8) is 0 Å². The molecule has 0 radical (unpaired) electrons. The second-order valence-electron chi connectivity index (χ2n) is 3.93. The van der Waals surface area contributed by atoms with E-state index in [4.69, 9.17) is 17.3 Å². The first-order valence-electron chi connectivity index (χ1n) is 4.82. The maximum absolute atomic E-state index is 13.4. The molecular formula is C11H15ClFNO. The number of aliphatic hydroxyl groups is 1. The molecule has 0 amide bonds. The number of hydrogen-bond acceptors (Lipinski definition) is 2. The van der Waals surface area contributed by atoms with Crippen LogP contribution in [0.1, 0.15) is 25.5 Å². The maximum atomic E-state index is 13.4. The lowest BCUT2D eigenvalue weighted by molar-refractivity contribution is 0.122. The van der Waals surface area contributed by atoms with E-state index in [0.717, 1.165) is 0 Å². The lowest BCUT2D eigenvalue weighted by atomic mass is 9.94. The molecule has 3 N–H and O–H groups in total. The average molecular weight is 232 g/mol. The SMILES string of the molecule is CC(C)C(N)C(O)c1ccc(Cl)cc1F. The normalized spacial score (nSPS) is 15.4. The molecule has 1 aromatic rings. The van der Waals surface area contributed by atoms with Crippen LogP contribution < -0.4 is 5.73 Å². The lowest BCUT2D eigenvalue weighted by Gasteiger charge is -2.22. The fourth-order valence-corrected chi connectivity index (χ4v) is 1.47. The van der Waals surface area contributed by atoms with Crippen molar-refractivity contribution in [1.82, 2.24) is 0 Å². The van der Waals surface area contributed by atoms with E-state index in [-0.39, 0.29) is 11.5 Å². The molecule has 0 aromatic heterocycles. The minimum Gasteiger partial charge on any atom is -0.387 e. The van der Waals surface area contributed by atoms with Crippen LogP contribution in [0, 0.1) is 11.7 Å². The Bertz CT molecular complexity index is 343. The molecule has 1 aromatic carbocycles. The third-order valence-electron chi connectivity index (χ3n) is 2.42. The third kappa shape index (κ3) is 2.91. The zero-order chi connectivity index (χ0) is 11.6. The smallest absolute Gasteiger partial charge is 0.130 e. The van der Waals surface area contributed by atoms with Crippen LogP contribution in [0.2, 0.25) is 5.02 Å². The highest BCUT2D eigenvalue weighted by atomic mass is 35.5. The zero-order valence-corrected chi connectivity index (χ0v) is 9.50. The molecule has 15 heavy (non-hydrogen) atoms. The van der Waals surface area contributed by atoms with Crippen LogP contribution >= 0.6 is 11.6 Å². The molecule has 0 aliphatic carbocycles. The van der Waals surface area contributed by atoms with Crippen molar-refractivity contribution in [3.05, 3.63) is 34.6 Å². The molecule has 2 atom stereocenters. The van der Waals surface area contributed by atoms with Gasteiger partial charge in [-0.05, 0) is 18.1 Å². The molecule has 0 bridgehead atoms. The van der Waals surface area contributed by atoms with Gasteiger partial charge >= 0.3 is 0 Å². The first-order valence-corrected chi connectivity index (χ1v) is 5.20. The van der Waals surface area contributed by atoms with Gasteiger partial charge in [0.2, 0.25) is 0 Å². The van der Waals surface area contributed by atoms with Crippen LogP contribution in [0.25, 0.3) is 0 Å². The highest BCUT2D eigenvalue weighted by molar-refractivity contribution is 6.30. The minimum absolute atomic E-state index is 0.0788. The van der Waals surface area contributed by atoms with Crippen molar-refractivity contribution >= 4 is 11.6 Å². The van der Waals surface area contributed by atoms with Crippen molar-refractivity contribution in [2.45, 2.75) is 26.0 Å². The minimum atomic E-state index is -0.998. The van der Waals surface area contributed by atoms with Crippen molar-refractivity contribution < 1.29 is 9.50 Å². The number of nitrogens with two attached hydrogens (primary N) is 1. The summed E-state index contributed by atoms with van der Waals surface area (Å²) in [6.45, 7) is 3.75. The van der Waals surface area contributed by atoms with Gasteiger partial charge in [-0.1, -0.05) is 31.5 Å². The fraction of sp³-hybridized carbons (Fsp3) is 0.455. The standard InChI is InChI=1S/C11H15ClFNO/c1-6(2)10(14)11(15)8-4-3-7(12)5-9(8)13/h3-6,10-11,15H,14H2,1-2H3. The second-order valence-corrected chi connectivity index (χ2v) is 4.37. The van der Waals surface area contributed by atoms with Gasteiger partial charge in [0.25, 0.3) is 0 Å². The first-order chi connectivity index (χ1) is 6.93. The van der Waals surface area contributed by atoms with Gasteiger partial charge in [0.15, 0.2) is 0 Å². The topological polar surface area (TPSA) is 46.2 Å². The average Bonchev–Trinajstić information content (AvgIpc) is 2.15. The summed E-state index contributed by atoms with van der Waals surface area (Å²) in [6.07, 6.45) is -0.998. The van der Waals surface area contributed by atoms with Gasteiger partial charge in [-0.25, -0.2) is 4.39 Å². The summed E-state index contributed by atoms with van der Waals surface area (Å²) in [7, 11) is 0. The predicted octanol–water partition coefficient (Wildman–Crippen LogP) is 2.50. The van der Waals surface area contributed by atoms with Crippen molar-refractivity contribution in [2.24, 2.45) is 11.7 Å². The Labute approximate surface area is 93.9 Å². The van der Waals surface area contributed by atoms with E-state index in [1.165, 1.54) is 18.2 Å².